The molecule has 1 aliphatic rings. The molecule has 2 N–H and O–H groups in total. The van der Waals surface area contributed by atoms with Gasteiger partial charge in [0.25, 0.3) is 5.91 Å². The van der Waals surface area contributed by atoms with Gasteiger partial charge in [0.05, 0.1) is 61.4 Å². The van der Waals surface area contributed by atoms with E-state index in [-0.39, 0.29) is 12.1 Å². The lowest BCUT2D eigenvalue weighted by Gasteiger charge is -2.28. The molecule has 1 heterocycles. The standard InChI is InChI=1S/C39H44N2O9/c1-43-31-24-27(38-40-29-13-9-8-12-28(29)39(42)41-38)16-17-30(31)49-18-10-7-11-19-50-37-34(46-4)22-26(23-35(37)47-5)15-14-25-20-32(44-2)36(48-6)33(21-25)45-3/h8-9,12-17,20-24,38,40H,7,10-11,18-19H2,1-6H3,(H,41,42). The first kappa shape index (κ1) is 35.6. The molecule has 0 aromatic heterocycles. The Morgan fingerprint density at radius 3 is 1.70 bits per heavy atom. The summed E-state index contributed by atoms with van der Waals surface area (Å²) < 4.78 is 45.5. The molecule has 4 aromatic rings. The summed E-state index contributed by atoms with van der Waals surface area (Å²) in [5, 5.41) is 6.36. The van der Waals surface area contributed by atoms with Crippen LogP contribution in [0.15, 0.2) is 66.7 Å². The third-order valence-corrected chi connectivity index (χ3v) is 8.20. The summed E-state index contributed by atoms with van der Waals surface area (Å²) in [6.45, 7) is 0.996. The highest BCUT2D eigenvalue weighted by atomic mass is 16.5. The van der Waals surface area contributed by atoms with Crippen LogP contribution >= 0.6 is 0 Å². The SMILES string of the molecule is COc1cc(C2NC(=O)c3ccccc3N2)ccc1OCCCCCOc1c(OC)cc(C=Cc2cc(OC)c(OC)c(OC)c2)cc1OC. The zero-order valence-corrected chi connectivity index (χ0v) is 29.3. The number of ether oxygens (including phenoxy) is 8. The average Bonchev–Trinajstić information content (AvgIpc) is 3.16. The smallest absolute Gasteiger partial charge is 0.255 e. The van der Waals surface area contributed by atoms with Crippen molar-refractivity contribution in [2.45, 2.75) is 25.4 Å². The Bertz CT molecular complexity index is 1760. The molecule has 0 saturated carbocycles. The summed E-state index contributed by atoms with van der Waals surface area (Å²) in [4.78, 5) is 12.6. The monoisotopic (exact) mass is 684 g/mol. The van der Waals surface area contributed by atoms with Gasteiger partial charge in [0.15, 0.2) is 34.5 Å². The molecule has 1 unspecified atom stereocenters. The average molecular weight is 685 g/mol. The van der Waals surface area contributed by atoms with E-state index in [0.29, 0.717) is 64.8 Å². The lowest BCUT2D eigenvalue weighted by molar-refractivity contribution is 0.0935. The molecule has 50 heavy (non-hydrogen) atoms. The molecule has 1 amide bonds. The second-order valence-electron chi connectivity index (χ2n) is 11.3. The van der Waals surface area contributed by atoms with Gasteiger partial charge < -0.3 is 48.5 Å². The van der Waals surface area contributed by atoms with Crippen LogP contribution in [0.3, 0.4) is 0 Å². The molecule has 264 valence electrons. The van der Waals surface area contributed by atoms with Crippen LogP contribution in [-0.4, -0.2) is 61.8 Å². The van der Waals surface area contributed by atoms with Gasteiger partial charge in [-0.25, -0.2) is 0 Å². The zero-order chi connectivity index (χ0) is 35.5. The molecular formula is C39H44N2O9. The first-order valence-corrected chi connectivity index (χ1v) is 16.3. The maximum atomic E-state index is 12.6. The minimum absolute atomic E-state index is 0.122. The number of methoxy groups -OCH3 is 6. The van der Waals surface area contributed by atoms with Crippen molar-refractivity contribution in [1.29, 1.82) is 0 Å². The summed E-state index contributed by atoms with van der Waals surface area (Å²) in [7, 11) is 9.56. The van der Waals surface area contributed by atoms with Crippen LogP contribution in [0.1, 0.15) is 52.5 Å². The fourth-order valence-corrected chi connectivity index (χ4v) is 5.62. The summed E-state index contributed by atoms with van der Waals surface area (Å²) in [5.74, 6) is 4.49. The van der Waals surface area contributed by atoms with E-state index in [1.54, 1.807) is 48.7 Å². The first-order chi connectivity index (χ1) is 24.4. The van der Waals surface area contributed by atoms with Gasteiger partial charge in [0.2, 0.25) is 11.5 Å². The molecule has 11 heteroatoms. The Balaban J connectivity index is 1.12. The number of amides is 1. The second kappa shape index (κ2) is 17.1. The Morgan fingerprint density at radius 1 is 0.560 bits per heavy atom. The molecule has 0 bridgehead atoms. The number of hydrogen-bond acceptors (Lipinski definition) is 10. The van der Waals surface area contributed by atoms with E-state index in [1.165, 1.54) is 0 Å². The van der Waals surface area contributed by atoms with Crippen molar-refractivity contribution in [2.24, 2.45) is 0 Å². The zero-order valence-electron chi connectivity index (χ0n) is 29.3. The number of para-hydroxylation sites is 1. The Hall–Kier alpha value is -5.71. The van der Waals surface area contributed by atoms with Gasteiger partial charge in [-0.05, 0) is 84.5 Å². The fraction of sp³-hybridized carbons (Fsp3) is 0.308. The molecule has 11 nitrogen and oxygen atoms in total. The highest BCUT2D eigenvalue weighted by molar-refractivity contribution is 6.01. The van der Waals surface area contributed by atoms with Crippen molar-refractivity contribution >= 4 is 23.7 Å². The predicted octanol–water partition coefficient (Wildman–Crippen LogP) is 7.39. The molecule has 5 rings (SSSR count). The molecule has 0 spiro atoms. The number of fused-ring (bicyclic) bond motifs is 1. The fourth-order valence-electron chi connectivity index (χ4n) is 5.62. The number of benzene rings is 4. The summed E-state index contributed by atoms with van der Waals surface area (Å²) in [6, 6.07) is 20.6. The van der Waals surface area contributed by atoms with E-state index in [0.717, 1.165) is 41.6 Å². The van der Waals surface area contributed by atoms with E-state index in [1.807, 2.05) is 72.8 Å². The number of carbonyl (C=O) groups excluding carboxylic acids is 1. The van der Waals surface area contributed by atoms with E-state index < -0.39 is 0 Å². The number of rotatable bonds is 17. The maximum Gasteiger partial charge on any atom is 0.255 e. The van der Waals surface area contributed by atoms with Crippen molar-refractivity contribution in [1.82, 2.24) is 5.32 Å². The van der Waals surface area contributed by atoms with Crippen molar-refractivity contribution in [2.75, 3.05) is 61.2 Å². The van der Waals surface area contributed by atoms with Crippen molar-refractivity contribution in [3.63, 3.8) is 0 Å². The molecule has 0 saturated heterocycles. The number of hydrogen-bond donors (Lipinski definition) is 2. The third kappa shape index (κ3) is 8.28. The van der Waals surface area contributed by atoms with Crippen molar-refractivity contribution < 1.29 is 42.7 Å². The molecule has 1 aliphatic heterocycles. The predicted molar refractivity (Wildman–Crippen MR) is 193 cm³/mol. The van der Waals surface area contributed by atoms with Gasteiger partial charge in [-0.1, -0.05) is 30.4 Å². The van der Waals surface area contributed by atoms with E-state index in [9.17, 15) is 4.79 Å². The Morgan fingerprint density at radius 2 is 1.12 bits per heavy atom. The van der Waals surface area contributed by atoms with Gasteiger partial charge in [0, 0.05) is 5.69 Å². The summed E-state index contributed by atoms with van der Waals surface area (Å²) in [6.07, 6.45) is 6.03. The number of carbonyl (C=O) groups is 1. The largest absolute Gasteiger partial charge is 0.493 e. The highest BCUT2D eigenvalue weighted by Crippen LogP contribution is 2.41. The van der Waals surface area contributed by atoms with Gasteiger partial charge in [-0.3, -0.25) is 4.79 Å². The molecule has 0 radical (unpaired) electrons. The van der Waals surface area contributed by atoms with Crippen LogP contribution in [0.25, 0.3) is 12.2 Å². The lowest BCUT2D eigenvalue weighted by Crippen LogP contribution is -2.38. The van der Waals surface area contributed by atoms with E-state index in [4.69, 9.17) is 37.9 Å². The van der Waals surface area contributed by atoms with Gasteiger partial charge >= 0.3 is 0 Å². The highest BCUT2D eigenvalue weighted by Gasteiger charge is 2.25. The molecule has 4 aromatic carbocycles. The number of nitrogens with one attached hydrogen (secondary N) is 2. The van der Waals surface area contributed by atoms with Crippen LogP contribution in [0.4, 0.5) is 5.69 Å². The molecule has 1 atom stereocenters. The lowest BCUT2D eigenvalue weighted by atomic mass is 10.1. The van der Waals surface area contributed by atoms with E-state index >= 15 is 0 Å². The quantitative estimate of drug-likeness (QED) is 0.0862. The summed E-state index contributed by atoms with van der Waals surface area (Å²) in [5.41, 5.74) is 4.01. The van der Waals surface area contributed by atoms with Crippen LogP contribution in [0, 0.1) is 0 Å². The first-order valence-electron chi connectivity index (χ1n) is 16.3. The molecule has 0 aliphatic carbocycles. The van der Waals surface area contributed by atoms with Crippen molar-refractivity contribution in [3.05, 3.63) is 89.0 Å². The maximum absolute atomic E-state index is 12.6. The second-order valence-corrected chi connectivity index (χ2v) is 11.3. The summed E-state index contributed by atoms with van der Waals surface area (Å²) >= 11 is 0. The number of unbranched alkanes of at least 4 members (excludes halogenated alkanes) is 2. The number of anilines is 1. The van der Waals surface area contributed by atoms with Crippen LogP contribution < -0.4 is 48.5 Å². The van der Waals surface area contributed by atoms with E-state index in [2.05, 4.69) is 10.6 Å². The normalized spacial score (nSPS) is 13.5. The molecular weight excluding hydrogens is 640 g/mol. The van der Waals surface area contributed by atoms with Crippen LogP contribution in [0.5, 0.6) is 46.0 Å². The minimum atomic E-state index is -0.376. The topological polar surface area (TPSA) is 115 Å². The van der Waals surface area contributed by atoms with Gasteiger partial charge in [0.1, 0.15) is 6.17 Å². The Labute approximate surface area is 293 Å². The van der Waals surface area contributed by atoms with Crippen LogP contribution in [0.2, 0.25) is 0 Å². The van der Waals surface area contributed by atoms with Gasteiger partial charge in [-0.15, -0.1) is 0 Å². The third-order valence-electron chi connectivity index (χ3n) is 8.20. The minimum Gasteiger partial charge on any atom is -0.493 e. The Kier molecular flexibility index (Phi) is 12.2. The molecule has 0 fully saturated rings. The van der Waals surface area contributed by atoms with Gasteiger partial charge in [-0.2, -0.15) is 0 Å². The van der Waals surface area contributed by atoms with Crippen molar-refractivity contribution in [3.8, 4) is 46.0 Å². The van der Waals surface area contributed by atoms with Crippen LogP contribution in [-0.2, 0) is 0 Å².